The van der Waals surface area contributed by atoms with E-state index in [4.69, 9.17) is 4.74 Å². The van der Waals surface area contributed by atoms with Crippen molar-refractivity contribution in [1.82, 2.24) is 0 Å². The lowest BCUT2D eigenvalue weighted by Crippen LogP contribution is -2.26. The fourth-order valence-corrected chi connectivity index (χ4v) is 1.25. The summed E-state index contributed by atoms with van der Waals surface area (Å²) in [5.41, 5.74) is 0.00944. The first kappa shape index (κ1) is 12.4. The normalized spacial score (nSPS) is 15.9. The molecule has 0 aliphatic carbocycles. The minimum atomic E-state index is 0.00944. The van der Waals surface area contributed by atoms with Crippen molar-refractivity contribution in [3.05, 3.63) is 24.8 Å². The van der Waals surface area contributed by atoms with Gasteiger partial charge in [-0.3, -0.25) is 0 Å². The molecule has 1 heteroatoms. The first-order chi connectivity index (χ1) is 6.18. The summed E-state index contributed by atoms with van der Waals surface area (Å²) < 4.78 is 5.50. The van der Waals surface area contributed by atoms with Gasteiger partial charge in [-0.15, -0.1) is 0 Å². The Kier molecular flexibility index (Phi) is 6.61. The van der Waals surface area contributed by atoms with Crippen molar-refractivity contribution in [1.29, 1.82) is 0 Å². The molecule has 1 atom stereocenters. The molecule has 0 saturated carbocycles. The number of unbranched alkanes of at least 4 members (excludes halogenated alkanes) is 1. The molecule has 76 valence electrons. The van der Waals surface area contributed by atoms with Gasteiger partial charge >= 0.3 is 0 Å². The molecular weight excluding hydrogens is 160 g/mol. The summed E-state index contributed by atoms with van der Waals surface area (Å²) in [5.74, 6) is 0. The molecule has 0 N–H and O–H groups in total. The zero-order valence-electron chi connectivity index (χ0n) is 9.18. The molecule has 0 heterocycles. The molecule has 1 nitrogen and oxygen atoms in total. The number of allylic oxidation sites excluding steroid dienone is 2. The lowest BCUT2D eigenvalue weighted by molar-refractivity contribution is -0.000193. The van der Waals surface area contributed by atoms with Gasteiger partial charge in [-0.1, -0.05) is 44.6 Å². The Hall–Kier alpha value is -0.560. The van der Waals surface area contributed by atoms with Crippen molar-refractivity contribution in [2.45, 2.75) is 45.1 Å². The van der Waals surface area contributed by atoms with Crippen LogP contribution in [0.3, 0.4) is 0 Å². The number of rotatable bonds is 7. The molecule has 0 fully saturated rings. The van der Waals surface area contributed by atoms with Crippen molar-refractivity contribution in [3.63, 3.8) is 0 Å². The van der Waals surface area contributed by atoms with E-state index in [0.717, 1.165) is 12.8 Å². The van der Waals surface area contributed by atoms with Gasteiger partial charge < -0.3 is 4.74 Å². The first-order valence-electron chi connectivity index (χ1n) is 5.01. The topological polar surface area (TPSA) is 9.23 Å². The van der Waals surface area contributed by atoms with Crippen molar-refractivity contribution >= 4 is 0 Å². The van der Waals surface area contributed by atoms with Gasteiger partial charge in [0, 0.05) is 7.11 Å². The minimum Gasteiger partial charge on any atom is -0.378 e. The van der Waals surface area contributed by atoms with Crippen LogP contribution in [0.2, 0.25) is 0 Å². The van der Waals surface area contributed by atoms with Crippen molar-refractivity contribution in [2.75, 3.05) is 7.11 Å². The third kappa shape index (κ3) is 5.64. The molecule has 0 rings (SSSR count). The maximum absolute atomic E-state index is 5.50. The molecule has 0 aliphatic rings. The minimum absolute atomic E-state index is 0.00944. The van der Waals surface area contributed by atoms with Crippen LogP contribution in [0.15, 0.2) is 24.8 Å². The Labute approximate surface area is 82.5 Å². The fourth-order valence-electron chi connectivity index (χ4n) is 1.25. The maximum atomic E-state index is 5.50. The molecule has 0 aromatic heterocycles. The standard InChI is InChI=1S/C12H22O/c1-5-7-9-11-12(3,13-4)10-8-6-2/h5,7,9H,1,6,8,10-11H2,2-4H3/b9-7+. The van der Waals surface area contributed by atoms with Crippen LogP contribution >= 0.6 is 0 Å². The van der Waals surface area contributed by atoms with Crippen LogP contribution in [-0.4, -0.2) is 12.7 Å². The Morgan fingerprint density at radius 3 is 2.62 bits per heavy atom. The van der Waals surface area contributed by atoms with E-state index in [2.05, 4.69) is 26.5 Å². The monoisotopic (exact) mass is 182 g/mol. The second-order valence-electron chi connectivity index (χ2n) is 3.63. The molecule has 0 bridgehead atoms. The van der Waals surface area contributed by atoms with E-state index < -0.39 is 0 Å². The van der Waals surface area contributed by atoms with Crippen LogP contribution < -0.4 is 0 Å². The van der Waals surface area contributed by atoms with Gasteiger partial charge in [0.05, 0.1) is 5.60 Å². The summed E-state index contributed by atoms with van der Waals surface area (Å²) in [5, 5.41) is 0. The Balaban J connectivity index is 3.94. The largest absolute Gasteiger partial charge is 0.378 e. The molecule has 0 amide bonds. The van der Waals surface area contributed by atoms with E-state index in [0.29, 0.717) is 0 Å². The van der Waals surface area contributed by atoms with E-state index in [1.165, 1.54) is 12.8 Å². The van der Waals surface area contributed by atoms with Crippen molar-refractivity contribution in [3.8, 4) is 0 Å². The molecule has 0 aromatic rings. The van der Waals surface area contributed by atoms with Gasteiger partial charge in [0.15, 0.2) is 0 Å². The van der Waals surface area contributed by atoms with E-state index in [9.17, 15) is 0 Å². The van der Waals surface area contributed by atoms with Crippen LogP contribution in [0.4, 0.5) is 0 Å². The summed E-state index contributed by atoms with van der Waals surface area (Å²) in [6.07, 6.45) is 10.4. The molecule has 0 aromatic carbocycles. The Morgan fingerprint density at radius 1 is 1.46 bits per heavy atom. The van der Waals surface area contributed by atoms with Crippen molar-refractivity contribution < 1.29 is 4.74 Å². The third-order valence-corrected chi connectivity index (χ3v) is 2.37. The fraction of sp³-hybridized carbons (Fsp3) is 0.667. The SMILES string of the molecule is C=C/C=C/CC(C)(CCCC)OC. The molecule has 0 saturated heterocycles. The number of hydrogen-bond donors (Lipinski definition) is 0. The van der Waals surface area contributed by atoms with Crippen LogP contribution in [0.25, 0.3) is 0 Å². The molecule has 0 spiro atoms. The third-order valence-electron chi connectivity index (χ3n) is 2.37. The predicted octanol–water partition coefficient (Wildman–Crippen LogP) is 3.71. The zero-order valence-corrected chi connectivity index (χ0v) is 9.18. The summed E-state index contributed by atoms with van der Waals surface area (Å²) in [6.45, 7) is 8.01. The summed E-state index contributed by atoms with van der Waals surface area (Å²) in [6, 6.07) is 0. The number of methoxy groups -OCH3 is 1. The summed E-state index contributed by atoms with van der Waals surface area (Å²) in [7, 11) is 1.79. The second-order valence-corrected chi connectivity index (χ2v) is 3.63. The quantitative estimate of drug-likeness (QED) is 0.545. The predicted molar refractivity (Wildman–Crippen MR) is 58.9 cm³/mol. The lowest BCUT2D eigenvalue weighted by atomic mass is 9.95. The molecule has 13 heavy (non-hydrogen) atoms. The smallest absolute Gasteiger partial charge is 0.0685 e. The molecule has 1 unspecified atom stereocenters. The average Bonchev–Trinajstić information content (AvgIpc) is 2.15. The maximum Gasteiger partial charge on any atom is 0.0685 e. The van der Waals surface area contributed by atoms with Gasteiger partial charge in [0.2, 0.25) is 0 Å². The van der Waals surface area contributed by atoms with Crippen LogP contribution in [0, 0.1) is 0 Å². The van der Waals surface area contributed by atoms with Gasteiger partial charge in [-0.2, -0.15) is 0 Å². The van der Waals surface area contributed by atoms with Crippen LogP contribution in [0.5, 0.6) is 0 Å². The Bertz CT molecular complexity index is 161. The van der Waals surface area contributed by atoms with Crippen LogP contribution in [-0.2, 0) is 4.74 Å². The highest BCUT2D eigenvalue weighted by molar-refractivity contribution is 5.00. The van der Waals surface area contributed by atoms with Gasteiger partial charge in [-0.05, 0) is 19.8 Å². The Morgan fingerprint density at radius 2 is 2.15 bits per heavy atom. The lowest BCUT2D eigenvalue weighted by Gasteiger charge is -2.26. The van der Waals surface area contributed by atoms with E-state index in [1.54, 1.807) is 13.2 Å². The highest BCUT2D eigenvalue weighted by atomic mass is 16.5. The summed E-state index contributed by atoms with van der Waals surface area (Å²) >= 11 is 0. The van der Waals surface area contributed by atoms with Crippen LogP contribution in [0.1, 0.15) is 39.5 Å². The highest BCUT2D eigenvalue weighted by Gasteiger charge is 2.20. The van der Waals surface area contributed by atoms with Gasteiger partial charge in [0.25, 0.3) is 0 Å². The first-order valence-corrected chi connectivity index (χ1v) is 5.01. The molecular formula is C12H22O. The number of ether oxygens (including phenoxy) is 1. The average molecular weight is 182 g/mol. The van der Waals surface area contributed by atoms with E-state index >= 15 is 0 Å². The summed E-state index contributed by atoms with van der Waals surface area (Å²) in [4.78, 5) is 0. The highest BCUT2D eigenvalue weighted by Crippen LogP contribution is 2.22. The van der Waals surface area contributed by atoms with Gasteiger partial charge in [-0.25, -0.2) is 0 Å². The van der Waals surface area contributed by atoms with E-state index in [1.807, 2.05) is 6.08 Å². The van der Waals surface area contributed by atoms with Gasteiger partial charge in [0.1, 0.15) is 0 Å². The second kappa shape index (κ2) is 6.90. The van der Waals surface area contributed by atoms with E-state index in [-0.39, 0.29) is 5.60 Å². The zero-order chi connectivity index (χ0) is 10.2. The van der Waals surface area contributed by atoms with Crippen molar-refractivity contribution in [2.24, 2.45) is 0 Å². The number of hydrogen-bond acceptors (Lipinski definition) is 1. The molecule has 0 aliphatic heterocycles. The molecule has 0 radical (unpaired) electrons.